The molecule has 0 radical (unpaired) electrons. The van der Waals surface area contributed by atoms with Gasteiger partial charge in [0, 0.05) is 19.4 Å². The van der Waals surface area contributed by atoms with Crippen LogP contribution in [-0.2, 0) is 6.04 Å². The lowest BCUT2D eigenvalue weighted by molar-refractivity contribution is 0.180. The molecule has 3 heteroatoms. The van der Waals surface area contributed by atoms with Crippen LogP contribution >= 0.6 is 15.8 Å². The van der Waals surface area contributed by atoms with Gasteiger partial charge in [0.25, 0.3) is 0 Å². The summed E-state index contributed by atoms with van der Waals surface area (Å²) in [5.74, 6) is 6.62. The predicted octanol–water partition coefficient (Wildman–Crippen LogP) is 8.27. The van der Waals surface area contributed by atoms with Crippen molar-refractivity contribution in [2.75, 3.05) is 24.6 Å². The molecule has 0 amide bonds. The van der Waals surface area contributed by atoms with Crippen LogP contribution in [0.15, 0.2) is 18.2 Å². The Labute approximate surface area is 194 Å². The van der Waals surface area contributed by atoms with Gasteiger partial charge < -0.3 is 0 Å². The van der Waals surface area contributed by atoms with E-state index >= 15 is 0 Å². The van der Waals surface area contributed by atoms with E-state index < -0.39 is 8.07 Å². The molecule has 6 aliphatic heterocycles. The molecule has 6 heterocycles. The summed E-state index contributed by atoms with van der Waals surface area (Å²) in [6, 6.07) is 9.57. The minimum Gasteiger partial charge on any atom is -0.0982 e. The van der Waals surface area contributed by atoms with Crippen LogP contribution in [0.1, 0.15) is 66.5 Å². The summed E-state index contributed by atoms with van der Waals surface area (Å²) in [5.41, 5.74) is 7.57. The quantitative estimate of drug-likeness (QED) is 0.308. The predicted molar refractivity (Wildman–Crippen MR) is 141 cm³/mol. The van der Waals surface area contributed by atoms with Gasteiger partial charge in [-0.15, -0.1) is 0 Å². The lowest BCUT2D eigenvalue weighted by Gasteiger charge is -2.57. The smallest absolute Gasteiger partial charge is 0.0487 e. The molecule has 2 aliphatic carbocycles. The molecule has 8 aliphatic rings. The largest absolute Gasteiger partial charge is 0.0982 e. The minimum absolute atomic E-state index is 0.270. The first-order valence-electron chi connectivity index (χ1n) is 13.5. The molecule has 0 spiro atoms. The van der Waals surface area contributed by atoms with Crippen molar-refractivity contribution in [2.45, 2.75) is 75.5 Å². The maximum atomic E-state index is 2.84. The Hall–Kier alpha value is 0.297. The van der Waals surface area contributed by atoms with Gasteiger partial charge in [0.15, 0.2) is 0 Å². The van der Waals surface area contributed by atoms with E-state index in [4.69, 9.17) is 0 Å². The second-order valence-corrected chi connectivity index (χ2v) is 24.3. The molecule has 0 N–H and O–H groups in total. The van der Waals surface area contributed by atoms with Gasteiger partial charge in [-0.2, -0.15) is 0 Å². The van der Waals surface area contributed by atoms with Gasteiger partial charge in [0.2, 0.25) is 0 Å². The van der Waals surface area contributed by atoms with Gasteiger partial charge in [-0.05, 0) is 116 Å². The Kier molecular flexibility index (Phi) is 4.93. The second-order valence-electron chi connectivity index (χ2n) is 13.9. The summed E-state index contributed by atoms with van der Waals surface area (Å²) in [6.45, 7) is 7.69. The first-order chi connectivity index (χ1) is 14.9. The topological polar surface area (TPSA) is 0 Å². The lowest BCUT2D eigenvalue weighted by atomic mass is 9.70. The normalized spacial score (nSPS) is 47.3. The maximum absolute atomic E-state index is 2.84. The van der Waals surface area contributed by atoms with Crippen LogP contribution in [0.4, 0.5) is 0 Å². The van der Waals surface area contributed by atoms with E-state index in [1.165, 1.54) is 6.04 Å². The summed E-state index contributed by atoms with van der Waals surface area (Å²) >= 11 is 0. The second kappa shape index (κ2) is 7.40. The van der Waals surface area contributed by atoms with Crippen LogP contribution in [0.3, 0.4) is 0 Å². The van der Waals surface area contributed by atoms with Gasteiger partial charge in [-0.25, -0.2) is 0 Å². The molecule has 1 aromatic rings. The van der Waals surface area contributed by atoms with Gasteiger partial charge in [0.1, 0.15) is 0 Å². The first kappa shape index (κ1) is 20.7. The molecule has 6 atom stereocenters. The molecule has 8 fully saturated rings. The molecule has 0 aromatic heterocycles. The fraction of sp³-hybridized carbons (Fsp3) is 0.786. The molecule has 6 saturated heterocycles. The van der Waals surface area contributed by atoms with E-state index in [1.54, 1.807) is 68.7 Å². The van der Waals surface area contributed by atoms with Crippen LogP contribution in [-0.4, -0.2) is 32.7 Å². The summed E-state index contributed by atoms with van der Waals surface area (Å²) in [7, 11) is -0.531. The van der Waals surface area contributed by atoms with Gasteiger partial charge >= 0.3 is 0 Å². The minimum atomic E-state index is -1.08. The van der Waals surface area contributed by atoms with Gasteiger partial charge in [-0.1, -0.05) is 59.2 Å². The number of rotatable bonds is 4. The van der Waals surface area contributed by atoms with E-state index in [-0.39, 0.29) is 15.8 Å². The number of hydrogen-bond acceptors (Lipinski definition) is 0. The van der Waals surface area contributed by atoms with E-state index in [0.29, 0.717) is 0 Å². The summed E-state index contributed by atoms with van der Waals surface area (Å²) in [6.07, 6.45) is 16.1. The molecule has 8 bridgehead atoms. The third-order valence-corrected chi connectivity index (χ3v) is 18.4. The van der Waals surface area contributed by atoms with Crippen LogP contribution in [0.5, 0.6) is 0 Å². The molecule has 2 saturated carbocycles. The summed E-state index contributed by atoms with van der Waals surface area (Å²) < 4.78 is 0. The number of hydrogen-bond donors (Lipinski definition) is 0. The van der Waals surface area contributed by atoms with Crippen molar-refractivity contribution in [3.63, 3.8) is 0 Å². The number of benzene rings is 1. The Morgan fingerprint density at radius 3 is 1.61 bits per heavy atom. The van der Waals surface area contributed by atoms with E-state index in [9.17, 15) is 0 Å². The fourth-order valence-corrected chi connectivity index (χ4v) is 19.1. The van der Waals surface area contributed by atoms with Gasteiger partial charge in [-0.3, -0.25) is 0 Å². The van der Waals surface area contributed by atoms with Crippen molar-refractivity contribution in [3.05, 3.63) is 34.9 Å². The Morgan fingerprint density at radius 2 is 1.16 bits per heavy atom. The Bertz CT molecular complexity index is 814. The van der Waals surface area contributed by atoms with Crippen molar-refractivity contribution >= 4 is 23.9 Å². The molecular weight excluding hydrogens is 426 g/mol. The van der Waals surface area contributed by atoms with Crippen molar-refractivity contribution in [1.82, 2.24) is 0 Å². The van der Waals surface area contributed by atoms with Gasteiger partial charge in [0.05, 0.1) is 0 Å². The standard InChI is InChI=1S/C28H42P2Si/c1-31(2,3)17-18-4-5-25(27-23-8-19-6-20(9-23)14-29(27)13-19)26(12-18)28-24-10-21-7-22(11-24)16-30(28)15-21/h4-5,12,19-24,27-28H,6-11,13-17H2,1-3H3. The van der Waals surface area contributed by atoms with Crippen molar-refractivity contribution in [2.24, 2.45) is 35.5 Å². The Balaban J connectivity index is 1.30. The third-order valence-electron chi connectivity index (χ3n) is 10.1. The highest BCUT2D eigenvalue weighted by Crippen LogP contribution is 2.74. The average Bonchev–Trinajstić information content (AvgIpc) is 2.66. The molecule has 0 nitrogen and oxygen atoms in total. The van der Waals surface area contributed by atoms with E-state index in [0.717, 1.165) is 46.8 Å². The highest BCUT2D eigenvalue weighted by Gasteiger charge is 2.52. The van der Waals surface area contributed by atoms with Crippen LogP contribution in [0, 0.1) is 35.5 Å². The third kappa shape index (κ3) is 3.58. The van der Waals surface area contributed by atoms with Crippen molar-refractivity contribution in [1.29, 1.82) is 0 Å². The zero-order valence-corrected chi connectivity index (χ0v) is 22.8. The lowest BCUT2D eigenvalue weighted by Crippen LogP contribution is -2.42. The first-order valence-corrected chi connectivity index (χ1v) is 20.8. The highest BCUT2D eigenvalue weighted by molar-refractivity contribution is 7.58. The van der Waals surface area contributed by atoms with Crippen LogP contribution < -0.4 is 0 Å². The zero-order chi connectivity index (χ0) is 20.9. The fourth-order valence-electron chi connectivity index (χ4n) is 9.64. The van der Waals surface area contributed by atoms with E-state index in [1.807, 2.05) is 11.1 Å². The average molecular weight is 469 g/mol. The molecule has 31 heavy (non-hydrogen) atoms. The molecule has 168 valence electrons. The van der Waals surface area contributed by atoms with Crippen molar-refractivity contribution in [3.8, 4) is 0 Å². The molecule has 1 aromatic carbocycles. The van der Waals surface area contributed by atoms with E-state index in [2.05, 4.69) is 37.8 Å². The molecule has 6 unspecified atom stereocenters. The maximum Gasteiger partial charge on any atom is 0.0487 e. The summed E-state index contributed by atoms with van der Waals surface area (Å²) in [4.78, 5) is 0. The van der Waals surface area contributed by atoms with Crippen molar-refractivity contribution < 1.29 is 0 Å². The molecule has 9 rings (SSSR count). The SMILES string of the molecule is C[Si](C)(C)Cc1ccc(C2C3CC4CC(C3)CP2C4)c(C2C3CC4CC(C3)CP2C4)c1. The van der Waals surface area contributed by atoms with Crippen LogP contribution in [0.25, 0.3) is 0 Å². The zero-order valence-electron chi connectivity index (χ0n) is 20.0. The van der Waals surface area contributed by atoms with Crippen LogP contribution in [0.2, 0.25) is 19.6 Å². The summed E-state index contributed by atoms with van der Waals surface area (Å²) in [5, 5.41) is 0. The highest BCUT2D eigenvalue weighted by atomic mass is 31.1. The Morgan fingerprint density at radius 1 is 0.677 bits per heavy atom. The molecular formula is C28H42P2Si. The monoisotopic (exact) mass is 468 g/mol.